The van der Waals surface area contributed by atoms with E-state index in [9.17, 15) is 36.2 Å². The second-order valence-electron chi connectivity index (χ2n) is 10.3. The van der Waals surface area contributed by atoms with Gasteiger partial charge in [-0.05, 0) is 73.6 Å². The zero-order valence-corrected chi connectivity index (χ0v) is 24.8. The molecule has 0 spiro atoms. The van der Waals surface area contributed by atoms with Crippen molar-refractivity contribution in [1.29, 1.82) is 0 Å². The highest BCUT2D eigenvalue weighted by Gasteiger charge is 2.43. The Balaban J connectivity index is 1.73. The molecule has 0 saturated carbocycles. The molecule has 0 aliphatic heterocycles. The molecule has 38 heavy (non-hydrogen) atoms. The van der Waals surface area contributed by atoms with E-state index in [1.807, 2.05) is 32.1 Å². The number of nitrogens with one attached hydrogen (secondary N) is 1. The molecule has 0 heterocycles. The lowest BCUT2D eigenvalue weighted by molar-refractivity contribution is 0.135. The average Bonchev–Trinajstić information content (AvgIpc) is 3.03. The minimum Gasteiger partial charge on any atom is -0.507 e. The van der Waals surface area contributed by atoms with E-state index in [2.05, 4.69) is 5.32 Å². The first kappa shape index (κ1) is 28.9. The molecule has 1 aromatic carbocycles. The van der Waals surface area contributed by atoms with Crippen LogP contribution < -0.4 is 5.32 Å². The normalized spacial score (nSPS) is 30.9. The van der Waals surface area contributed by atoms with E-state index in [-0.39, 0.29) is 24.7 Å². The lowest BCUT2D eigenvalue weighted by Gasteiger charge is -2.37. The van der Waals surface area contributed by atoms with E-state index in [4.69, 9.17) is 0 Å². The van der Waals surface area contributed by atoms with Crippen molar-refractivity contribution in [3.63, 3.8) is 0 Å². The van der Waals surface area contributed by atoms with Crippen LogP contribution in [0, 0.1) is 12.3 Å². The molecule has 12 heteroatoms. The van der Waals surface area contributed by atoms with Gasteiger partial charge in [0.1, 0.15) is 15.6 Å². The Labute approximate surface area is 235 Å². The van der Waals surface area contributed by atoms with Crippen molar-refractivity contribution in [2.24, 2.45) is 5.41 Å². The molecule has 0 radical (unpaired) electrons. The zero-order valence-electron chi connectivity index (χ0n) is 21.0. The summed E-state index contributed by atoms with van der Waals surface area (Å²) in [7, 11) is -9.08. The van der Waals surface area contributed by atoms with Gasteiger partial charge in [-0.3, -0.25) is 14.4 Å². The van der Waals surface area contributed by atoms with Crippen LogP contribution in [0.2, 0.25) is 0 Å². The third-order valence-electron chi connectivity index (χ3n) is 7.21. The summed E-state index contributed by atoms with van der Waals surface area (Å²) in [5, 5.41) is 25.2. The number of aromatic hydroxyl groups is 1. The molecule has 0 fully saturated rings. The Morgan fingerprint density at radius 1 is 0.895 bits per heavy atom. The molecule has 204 valence electrons. The first-order valence-corrected chi connectivity index (χ1v) is 15.4. The number of fused-ring (bicyclic) bond motifs is 2. The number of aliphatic hydroxyl groups excluding tert-OH is 1. The summed E-state index contributed by atoms with van der Waals surface area (Å²) in [6.07, 6.45) is 14.3. The van der Waals surface area contributed by atoms with Gasteiger partial charge in [0, 0.05) is 20.1 Å². The Kier molecular flexibility index (Phi) is 7.04. The third kappa shape index (κ3) is 5.10. The number of aliphatic hydroxyl groups is 1. The topological polar surface area (TPSA) is 161 Å². The summed E-state index contributed by atoms with van der Waals surface area (Å²) in [5.74, 6) is -0.254. The van der Waals surface area contributed by atoms with E-state index >= 15 is 0 Å². The van der Waals surface area contributed by atoms with Gasteiger partial charge in [-0.15, -0.1) is 0 Å². The zero-order chi connectivity index (χ0) is 28.5. The van der Waals surface area contributed by atoms with Crippen molar-refractivity contribution in [3.8, 4) is 5.75 Å². The molecular weight excluding hydrogens is 645 g/mol. The van der Waals surface area contributed by atoms with E-state index < -0.39 is 42.8 Å². The molecule has 4 rings (SSSR count). The van der Waals surface area contributed by atoms with Crippen LogP contribution in [0.1, 0.15) is 37.5 Å². The largest absolute Gasteiger partial charge is 0.507 e. The minimum atomic E-state index is -4.54. The average molecular weight is 674 g/mol. The predicted molar refractivity (Wildman–Crippen MR) is 154 cm³/mol. The summed E-state index contributed by atoms with van der Waals surface area (Å²) >= 11 is 1.73. The third-order valence-corrected chi connectivity index (χ3v) is 10.6. The standard InChI is InChI=1S/C26H28INO8S2/c1-15-19(37(31,32)33)13-16-5-8-24(2,10-7-18(16)22(15)29)28-25(3)9-6-17-14-20(38(34,35)36)21(27)23(30)26(17,4)12-11-25/h5-14,23,28-30H,1-4H3,(H,31,32,33)(H,34,35,36). The fourth-order valence-corrected chi connectivity index (χ4v) is 7.92. The molecule has 0 amide bonds. The van der Waals surface area contributed by atoms with Crippen LogP contribution in [0.15, 0.2) is 67.6 Å². The van der Waals surface area contributed by atoms with Gasteiger partial charge >= 0.3 is 0 Å². The van der Waals surface area contributed by atoms with E-state index in [0.717, 1.165) is 0 Å². The molecular formula is C26H28INO8S2. The second-order valence-corrected chi connectivity index (χ2v) is 14.3. The lowest BCUT2D eigenvalue weighted by Crippen LogP contribution is -2.51. The summed E-state index contributed by atoms with van der Waals surface area (Å²) < 4.78 is 66.7. The van der Waals surface area contributed by atoms with Crippen LogP contribution in [0.25, 0.3) is 12.2 Å². The molecule has 4 unspecified atom stereocenters. The van der Waals surface area contributed by atoms with Crippen molar-refractivity contribution < 1.29 is 36.2 Å². The molecule has 3 aliphatic rings. The fourth-order valence-electron chi connectivity index (χ4n) is 4.88. The molecule has 4 atom stereocenters. The maximum atomic E-state index is 11.9. The van der Waals surface area contributed by atoms with E-state index in [0.29, 0.717) is 16.7 Å². The number of hydrogen-bond acceptors (Lipinski definition) is 7. The maximum absolute atomic E-state index is 11.9. The van der Waals surface area contributed by atoms with Crippen molar-refractivity contribution in [3.05, 3.63) is 79.3 Å². The maximum Gasteiger partial charge on any atom is 0.295 e. The lowest BCUT2D eigenvalue weighted by atomic mass is 9.74. The van der Waals surface area contributed by atoms with E-state index in [1.165, 1.54) is 19.1 Å². The summed E-state index contributed by atoms with van der Waals surface area (Å²) in [6, 6.07) is 1.31. The van der Waals surface area contributed by atoms with Crippen LogP contribution in [0.4, 0.5) is 0 Å². The fraction of sp³-hybridized carbons (Fsp3) is 0.308. The minimum absolute atomic E-state index is 0.0395. The highest BCUT2D eigenvalue weighted by Crippen LogP contribution is 2.47. The Morgan fingerprint density at radius 2 is 1.47 bits per heavy atom. The number of benzene rings is 1. The second kappa shape index (κ2) is 9.25. The number of rotatable bonds is 4. The van der Waals surface area contributed by atoms with Gasteiger partial charge in [-0.25, -0.2) is 0 Å². The van der Waals surface area contributed by atoms with Crippen LogP contribution in [0.5, 0.6) is 5.75 Å². The molecule has 1 aromatic rings. The highest BCUT2D eigenvalue weighted by atomic mass is 127. The number of halogens is 1. The molecule has 9 nitrogen and oxygen atoms in total. The quantitative estimate of drug-likeness (QED) is 0.180. The number of phenolic OH excluding ortho intramolecular Hbond substituents is 1. The van der Waals surface area contributed by atoms with Crippen LogP contribution in [-0.2, 0) is 20.2 Å². The summed E-state index contributed by atoms with van der Waals surface area (Å²) in [6.45, 7) is 6.95. The molecule has 0 bridgehead atoms. The van der Waals surface area contributed by atoms with Crippen molar-refractivity contribution in [2.45, 2.75) is 49.8 Å². The van der Waals surface area contributed by atoms with Crippen LogP contribution in [0.3, 0.4) is 0 Å². The smallest absolute Gasteiger partial charge is 0.295 e. The van der Waals surface area contributed by atoms with Gasteiger partial charge in [-0.1, -0.05) is 48.6 Å². The highest BCUT2D eigenvalue weighted by molar-refractivity contribution is 14.1. The van der Waals surface area contributed by atoms with Gasteiger partial charge in [0.05, 0.1) is 17.2 Å². The molecule has 0 aromatic heterocycles. The first-order valence-electron chi connectivity index (χ1n) is 11.5. The Bertz CT molecular complexity index is 1630. The summed E-state index contributed by atoms with van der Waals surface area (Å²) in [5.41, 5.74) is -1.22. The van der Waals surface area contributed by atoms with Crippen LogP contribution in [-0.4, -0.2) is 53.3 Å². The van der Waals surface area contributed by atoms with Crippen molar-refractivity contribution >= 4 is 55.0 Å². The van der Waals surface area contributed by atoms with Gasteiger partial charge in [0.15, 0.2) is 0 Å². The van der Waals surface area contributed by atoms with Crippen molar-refractivity contribution in [2.75, 3.05) is 0 Å². The van der Waals surface area contributed by atoms with Gasteiger partial charge in [0.25, 0.3) is 20.2 Å². The SMILES string of the molecule is Cc1c(S(=O)(=O)O)cc2c(c1O)C=CC(C)(NC1(C)C=CC3=CC(S(=O)(=O)O)=C(I)C(O)C3(C)C=C1)C=C2. The monoisotopic (exact) mass is 673 g/mol. The van der Waals surface area contributed by atoms with Crippen molar-refractivity contribution in [1.82, 2.24) is 5.32 Å². The number of hydrogen-bond donors (Lipinski definition) is 5. The Morgan fingerprint density at radius 3 is 2.08 bits per heavy atom. The van der Waals surface area contributed by atoms with Gasteiger partial charge in [0.2, 0.25) is 0 Å². The number of phenols is 1. The molecule has 5 N–H and O–H groups in total. The Hall–Kier alpha value is -2.07. The van der Waals surface area contributed by atoms with E-state index in [1.54, 1.807) is 59.9 Å². The summed E-state index contributed by atoms with van der Waals surface area (Å²) in [4.78, 5) is -0.716. The molecule has 3 aliphatic carbocycles. The van der Waals surface area contributed by atoms with Crippen LogP contribution >= 0.6 is 22.6 Å². The molecule has 0 saturated heterocycles. The first-order chi connectivity index (χ1) is 17.3. The predicted octanol–water partition coefficient (Wildman–Crippen LogP) is 4.06. The van der Waals surface area contributed by atoms with Gasteiger partial charge < -0.3 is 10.2 Å². The number of allylic oxidation sites excluding steroid dienone is 2. The van der Waals surface area contributed by atoms with Gasteiger partial charge in [-0.2, -0.15) is 16.8 Å².